The monoisotopic (exact) mass is 520 g/mol. The van der Waals surface area contributed by atoms with Crippen LogP contribution in [0.25, 0.3) is 0 Å². The summed E-state index contributed by atoms with van der Waals surface area (Å²) in [6.45, 7) is 6.53. The second-order valence-corrected chi connectivity index (χ2v) is 12.3. The van der Waals surface area contributed by atoms with Gasteiger partial charge in [-0.15, -0.1) is 18.3 Å². The number of aliphatic hydroxyl groups excluding tert-OH is 1. The van der Waals surface area contributed by atoms with Crippen molar-refractivity contribution in [2.75, 3.05) is 24.6 Å². The van der Waals surface area contributed by atoms with E-state index in [0.29, 0.717) is 42.9 Å². The van der Waals surface area contributed by atoms with Crippen molar-refractivity contribution < 1.29 is 24.6 Å². The molecule has 3 saturated heterocycles. The lowest BCUT2D eigenvalue weighted by molar-refractivity contribution is -0.150. The van der Waals surface area contributed by atoms with Crippen LogP contribution in [0.2, 0.25) is 5.02 Å². The van der Waals surface area contributed by atoms with Gasteiger partial charge in [0.05, 0.1) is 16.6 Å². The van der Waals surface area contributed by atoms with E-state index in [4.69, 9.17) is 16.7 Å². The minimum Gasteiger partial charge on any atom is -0.481 e. The highest BCUT2D eigenvalue weighted by atomic mass is 35.5. The second-order valence-electron chi connectivity index (χ2n) is 9.95. The zero-order valence-corrected chi connectivity index (χ0v) is 21.6. The van der Waals surface area contributed by atoms with E-state index in [2.05, 4.69) is 6.58 Å². The molecule has 0 aromatic heterocycles. The molecule has 35 heavy (non-hydrogen) atoms. The Bertz CT molecular complexity index is 1000. The number of fused-ring (bicyclic) bond motifs is 1. The summed E-state index contributed by atoms with van der Waals surface area (Å²) in [7, 11) is 0. The third-order valence-electron chi connectivity index (χ3n) is 7.80. The van der Waals surface area contributed by atoms with Gasteiger partial charge in [0.2, 0.25) is 5.91 Å². The van der Waals surface area contributed by atoms with Gasteiger partial charge in [-0.25, -0.2) is 0 Å². The van der Waals surface area contributed by atoms with E-state index in [1.54, 1.807) is 51.9 Å². The first-order valence-corrected chi connectivity index (χ1v) is 13.4. The van der Waals surface area contributed by atoms with Crippen LogP contribution in [-0.2, 0) is 14.4 Å². The van der Waals surface area contributed by atoms with E-state index in [0.717, 1.165) is 12.8 Å². The van der Waals surface area contributed by atoms with Crippen molar-refractivity contribution in [2.24, 2.45) is 11.8 Å². The fourth-order valence-corrected chi connectivity index (χ4v) is 8.76. The van der Waals surface area contributed by atoms with Gasteiger partial charge in [-0.2, -0.15) is 0 Å². The van der Waals surface area contributed by atoms with Crippen molar-refractivity contribution in [3.8, 4) is 0 Å². The average molecular weight is 521 g/mol. The van der Waals surface area contributed by atoms with Crippen LogP contribution in [0.4, 0.5) is 5.69 Å². The second kappa shape index (κ2) is 10.1. The van der Waals surface area contributed by atoms with Crippen LogP contribution in [-0.4, -0.2) is 68.1 Å². The van der Waals surface area contributed by atoms with Crippen molar-refractivity contribution in [3.05, 3.63) is 41.9 Å². The molecule has 2 N–H and O–H groups in total. The van der Waals surface area contributed by atoms with Gasteiger partial charge in [-0.1, -0.05) is 30.5 Å². The molecule has 0 radical (unpaired) electrons. The molecule has 190 valence electrons. The lowest BCUT2D eigenvalue weighted by Crippen LogP contribution is -2.55. The molecule has 3 heterocycles. The SMILES string of the molecule is C=CCN(C(=O)C1N(CCCCCCO)C(=O)[C@@H]2[C@H](C(=O)O)[C@]3(C)CCC12S3)c1ccc(Cl)cc1. The van der Waals surface area contributed by atoms with E-state index in [1.165, 1.54) is 0 Å². The molecule has 7 nitrogen and oxygen atoms in total. The molecular weight excluding hydrogens is 488 g/mol. The lowest BCUT2D eigenvalue weighted by Gasteiger charge is -2.37. The maximum atomic E-state index is 14.3. The van der Waals surface area contributed by atoms with Crippen molar-refractivity contribution in [3.63, 3.8) is 0 Å². The number of anilines is 1. The molecule has 2 bridgehead atoms. The normalized spacial score (nSPS) is 31.0. The van der Waals surface area contributed by atoms with Gasteiger partial charge in [-0.3, -0.25) is 14.4 Å². The number of unbranched alkanes of at least 4 members (excludes halogenated alkanes) is 3. The zero-order chi connectivity index (χ0) is 25.4. The first-order chi connectivity index (χ1) is 16.7. The summed E-state index contributed by atoms with van der Waals surface area (Å²) in [6.07, 6.45) is 6.00. The number of aliphatic carboxylic acids is 1. The molecule has 3 aliphatic heterocycles. The smallest absolute Gasteiger partial charge is 0.308 e. The summed E-state index contributed by atoms with van der Waals surface area (Å²) in [5.41, 5.74) is 0.660. The Balaban J connectivity index is 1.72. The van der Waals surface area contributed by atoms with Crippen LogP contribution in [0.3, 0.4) is 0 Å². The van der Waals surface area contributed by atoms with Gasteiger partial charge in [0.25, 0.3) is 5.91 Å². The first kappa shape index (κ1) is 26.0. The molecule has 2 amide bonds. The number of carbonyl (C=O) groups is 3. The minimum absolute atomic E-state index is 0.127. The summed E-state index contributed by atoms with van der Waals surface area (Å²) >= 11 is 7.61. The highest BCUT2D eigenvalue weighted by molar-refractivity contribution is 8.02. The molecule has 9 heteroatoms. The van der Waals surface area contributed by atoms with Crippen LogP contribution in [0.15, 0.2) is 36.9 Å². The highest BCUT2D eigenvalue weighted by Gasteiger charge is 2.77. The Hall–Kier alpha value is -2.03. The molecule has 3 fully saturated rings. The molecule has 2 unspecified atom stereocenters. The molecule has 4 rings (SSSR count). The van der Waals surface area contributed by atoms with Crippen LogP contribution in [0.1, 0.15) is 45.4 Å². The lowest BCUT2D eigenvalue weighted by atomic mass is 9.66. The number of carboxylic acid groups (broad SMARTS) is 1. The van der Waals surface area contributed by atoms with Crippen LogP contribution in [0.5, 0.6) is 0 Å². The van der Waals surface area contributed by atoms with E-state index in [-0.39, 0.29) is 25.0 Å². The van der Waals surface area contributed by atoms with Crippen molar-refractivity contribution in [1.82, 2.24) is 4.90 Å². The number of hydrogen-bond acceptors (Lipinski definition) is 5. The number of halogens is 1. The number of carboxylic acids is 1. The Labute approximate surface area is 215 Å². The van der Waals surface area contributed by atoms with Crippen LogP contribution < -0.4 is 4.90 Å². The summed E-state index contributed by atoms with van der Waals surface area (Å²) in [5, 5.41) is 19.7. The van der Waals surface area contributed by atoms with Crippen molar-refractivity contribution >= 4 is 46.8 Å². The number of amides is 2. The number of benzene rings is 1. The molecule has 1 spiro atoms. The Kier molecular flexibility index (Phi) is 7.55. The quantitative estimate of drug-likeness (QED) is 0.338. The largest absolute Gasteiger partial charge is 0.481 e. The van der Waals surface area contributed by atoms with Crippen molar-refractivity contribution in [2.45, 2.75) is 61.0 Å². The topological polar surface area (TPSA) is 98.2 Å². The Morgan fingerprint density at radius 3 is 2.54 bits per heavy atom. The number of rotatable bonds is 11. The fraction of sp³-hybridized carbons (Fsp3) is 0.577. The number of thioether (sulfide) groups is 1. The molecule has 0 saturated carbocycles. The van der Waals surface area contributed by atoms with Gasteiger partial charge < -0.3 is 20.0 Å². The number of hydrogen-bond donors (Lipinski definition) is 2. The number of nitrogens with zero attached hydrogens (tertiary/aromatic N) is 2. The first-order valence-electron chi connectivity index (χ1n) is 12.2. The minimum atomic E-state index is -0.962. The van der Waals surface area contributed by atoms with Crippen LogP contribution >= 0.6 is 23.4 Å². The molecule has 0 aliphatic carbocycles. The molecule has 1 aromatic rings. The molecule has 3 aliphatic rings. The highest BCUT2D eigenvalue weighted by Crippen LogP contribution is 2.71. The maximum Gasteiger partial charge on any atom is 0.308 e. The third kappa shape index (κ3) is 4.38. The molecule has 5 atom stereocenters. The Morgan fingerprint density at radius 2 is 1.91 bits per heavy atom. The van der Waals surface area contributed by atoms with E-state index >= 15 is 0 Å². The van der Waals surface area contributed by atoms with E-state index in [1.807, 2.05) is 6.92 Å². The van der Waals surface area contributed by atoms with Gasteiger partial charge >= 0.3 is 5.97 Å². The zero-order valence-electron chi connectivity index (χ0n) is 20.0. The van der Waals surface area contributed by atoms with Gasteiger partial charge in [-0.05, 0) is 56.9 Å². The van der Waals surface area contributed by atoms with E-state index < -0.39 is 33.3 Å². The summed E-state index contributed by atoms with van der Waals surface area (Å²) < 4.78 is -1.33. The summed E-state index contributed by atoms with van der Waals surface area (Å²) in [6, 6.07) is 6.24. The van der Waals surface area contributed by atoms with Gasteiger partial charge in [0, 0.05) is 35.2 Å². The van der Waals surface area contributed by atoms with Crippen molar-refractivity contribution in [1.29, 1.82) is 0 Å². The predicted octanol–water partition coefficient (Wildman–Crippen LogP) is 3.98. The standard InChI is InChI=1S/C26H33ClN2O5S/c1-3-14-28(18-10-8-17(27)9-11-18)23(32)21-26-13-12-25(2,35-26)20(24(33)34)19(26)22(31)29(21)15-6-4-5-7-16-30/h3,8-11,19-21,30H,1,4-7,12-16H2,2H3,(H,33,34)/t19-,20+,21?,25-,26?/m0/s1. The molecular formula is C26H33ClN2O5S. The maximum absolute atomic E-state index is 14.3. The van der Waals surface area contributed by atoms with E-state index in [9.17, 15) is 19.5 Å². The Morgan fingerprint density at radius 1 is 1.23 bits per heavy atom. The number of aliphatic hydroxyl groups is 1. The summed E-state index contributed by atoms with van der Waals surface area (Å²) in [4.78, 5) is 43.7. The van der Waals surface area contributed by atoms with Gasteiger partial charge in [0.15, 0.2) is 0 Å². The summed E-state index contributed by atoms with van der Waals surface area (Å²) in [5.74, 6) is -2.92. The predicted molar refractivity (Wildman–Crippen MR) is 138 cm³/mol. The van der Waals surface area contributed by atoms with Crippen LogP contribution in [0, 0.1) is 11.8 Å². The number of carbonyl (C=O) groups excluding carboxylic acids is 2. The average Bonchev–Trinajstić information content (AvgIpc) is 3.38. The molecule has 1 aromatic carbocycles. The number of likely N-dealkylation sites (tertiary alicyclic amines) is 1. The van der Waals surface area contributed by atoms with Gasteiger partial charge in [0.1, 0.15) is 6.04 Å². The third-order valence-corrected chi connectivity index (χ3v) is 10.0. The fourth-order valence-electron chi connectivity index (χ4n) is 6.29.